The average molecular weight is 226 g/mol. The topological polar surface area (TPSA) is 113 Å². The van der Waals surface area contributed by atoms with Crippen LogP contribution in [0, 0.1) is 11.3 Å². The lowest BCUT2D eigenvalue weighted by Crippen LogP contribution is -2.20. The maximum atomic E-state index is 10.6. The number of nitriles is 1. The van der Waals surface area contributed by atoms with Crippen LogP contribution in [0.4, 0.5) is 5.69 Å². The normalized spacial score (nSPS) is 11.8. The summed E-state index contributed by atoms with van der Waals surface area (Å²) < 4.78 is 0. The first-order valence-corrected chi connectivity index (χ1v) is 4.32. The molecule has 0 amide bonds. The van der Waals surface area contributed by atoms with Gasteiger partial charge in [0.05, 0.1) is 16.3 Å². The van der Waals surface area contributed by atoms with Gasteiger partial charge in [-0.3, -0.25) is 4.79 Å². The Morgan fingerprint density at radius 1 is 1.60 bits per heavy atom. The van der Waals surface area contributed by atoms with Gasteiger partial charge in [0.15, 0.2) is 0 Å². The Hall–Kier alpha value is -1.77. The van der Waals surface area contributed by atoms with Crippen molar-refractivity contribution in [3.63, 3.8) is 0 Å². The van der Waals surface area contributed by atoms with E-state index in [1.807, 2.05) is 6.07 Å². The molecule has 78 valence electrons. The zero-order valence-corrected chi connectivity index (χ0v) is 8.32. The number of carbonyl (C=O) groups is 1. The van der Waals surface area contributed by atoms with E-state index in [4.69, 9.17) is 33.4 Å². The quantitative estimate of drug-likeness (QED) is 0.647. The van der Waals surface area contributed by atoms with Crippen molar-refractivity contribution in [2.45, 2.75) is 6.04 Å². The Morgan fingerprint density at radius 3 is 2.67 bits per heavy atom. The van der Waals surface area contributed by atoms with Crippen LogP contribution in [-0.4, -0.2) is 11.1 Å². The summed E-state index contributed by atoms with van der Waals surface area (Å²) in [5, 5.41) is 17.5. The van der Waals surface area contributed by atoms with E-state index in [1.165, 1.54) is 12.1 Å². The minimum Gasteiger partial charge on any atom is -0.480 e. The third kappa shape index (κ3) is 2.18. The lowest BCUT2D eigenvalue weighted by molar-refractivity contribution is -0.138. The molecule has 0 fully saturated rings. The third-order valence-electron chi connectivity index (χ3n) is 1.90. The molecule has 1 aromatic rings. The zero-order chi connectivity index (χ0) is 11.6. The van der Waals surface area contributed by atoms with Crippen molar-refractivity contribution in [2.75, 3.05) is 5.73 Å². The fourth-order valence-electron chi connectivity index (χ4n) is 1.05. The Bertz CT molecular complexity index is 453. The first-order valence-electron chi connectivity index (χ1n) is 3.94. The fraction of sp³-hybridized carbons (Fsp3) is 0.111. The van der Waals surface area contributed by atoms with Gasteiger partial charge < -0.3 is 16.6 Å². The molecule has 0 aliphatic rings. The number of hydrogen-bond acceptors (Lipinski definition) is 4. The zero-order valence-electron chi connectivity index (χ0n) is 7.57. The number of carboxylic acid groups (broad SMARTS) is 1. The predicted octanol–water partition coefficient (Wildman–Crippen LogP) is 0.878. The van der Waals surface area contributed by atoms with Crippen LogP contribution in [0.3, 0.4) is 0 Å². The molecule has 0 saturated heterocycles. The second-order valence-corrected chi connectivity index (χ2v) is 3.30. The smallest absolute Gasteiger partial charge is 0.325 e. The standard InChI is InChI=1S/C9H8ClN3O2/c10-6-2-4(8(13)9(14)15)1-5(3-11)7(6)12/h1-2,8H,12-13H2,(H,14,15)/t8-/m0/s1. The number of benzene rings is 1. The van der Waals surface area contributed by atoms with Gasteiger partial charge in [0, 0.05) is 0 Å². The summed E-state index contributed by atoms with van der Waals surface area (Å²) >= 11 is 5.72. The summed E-state index contributed by atoms with van der Waals surface area (Å²) in [4.78, 5) is 10.6. The van der Waals surface area contributed by atoms with Crippen molar-refractivity contribution in [2.24, 2.45) is 5.73 Å². The number of aliphatic carboxylic acids is 1. The molecule has 0 spiro atoms. The number of nitrogens with two attached hydrogens (primary N) is 2. The minimum absolute atomic E-state index is 0.120. The number of carboxylic acids is 1. The molecule has 0 radical (unpaired) electrons. The Labute approximate surface area is 90.9 Å². The third-order valence-corrected chi connectivity index (χ3v) is 2.21. The lowest BCUT2D eigenvalue weighted by Gasteiger charge is -2.09. The molecule has 15 heavy (non-hydrogen) atoms. The summed E-state index contributed by atoms with van der Waals surface area (Å²) in [6.07, 6.45) is 0. The highest BCUT2D eigenvalue weighted by Gasteiger charge is 2.17. The molecule has 0 unspecified atom stereocenters. The Balaban J connectivity index is 3.30. The predicted molar refractivity (Wildman–Crippen MR) is 55.1 cm³/mol. The Morgan fingerprint density at radius 2 is 2.20 bits per heavy atom. The van der Waals surface area contributed by atoms with Crippen LogP contribution in [0.2, 0.25) is 5.02 Å². The van der Waals surface area contributed by atoms with Crippen molar-refractivity contribution in [1.82, 2.24) is 0 Å². The van der Waals surface area contributed by atoms with Crippen molar-refractivity contribution in [1.29, 1.82) is 5.26 Å². The molecule has 0 aliphatic carbocycles. The lowest BCUT2D eigenvalue weighted by atomic mass is 10.0. The van der Waals surface area contributed by atoms with Gasteiger partial charge in [-0.05, 0) is 17.7 Å². The van der Waals surface area contributed by atoms with Crippen molar-refractivity contribution < 1.29 is 9.90 Å². The van der Waals surface area contributed by atoms with Gasteiger partial charge in [0.1, 0.15) is 12.1 Å². The van der Waals surface area contributed by atoms with Crippen LogP contribution in [0.25, 0.3) is 0 Å². The number of anilines is 1. The summed E-state index contributed by atoms with van der Waals surface area (Å²) in [7, 11) is 0. The molecule has 1 atom stereocenters. The van der Waals surface area contributed by atoms with Gasteiger partial charge >= 0.3 is 5.97 Å². The molecule has 0 aliphatic heterocycles. The minimum atomic E-state index is -1.21. The van der Waals surface area contributed by atoms with E-state index >= 15 is 0 Å². The van der Waals surface area contributed by atoms with Gasteiger partial charge in [-0.1, -0.05) is 11.6 Å². The highest BCUT2D eigenvalue weighted by Crippen LogP contribution is 2.26. The summed E-state index contributed by atoms with van der Waals surface area (Å²) in [5.41, 5.74) is 11.4. The number of rotatable bonds is 2. The van der Waals surface area contributed by atoms with Crippen LogP contribution >= 0.6 is 11.6 Å². The van der Waals surface area contributed by atoms with Gasteiger partial charge in [-0.25, -0.2) is 0 Å². The molecule has 0 saturated carbocycles. The summed E-state index contributed by atoms with van der Waals surface area (Å²) in [6.45, 7) is 0. The second-order valence-electron chi connectivity index (χ2n) is 2.89. The number of nitrogens with zero attached hydrogens (tertiary/aromatic N) is 1. The van der Waals surface area contributed by atoms with Gasteiger partial charge in [0.25, 0.3) is 0 Å². The van der Waals surface area contributed by atoms with Crippen LogP contribution < -0.4 is 11.5 Å². The largest absolute Gasteiger partial charge is 0.480 e. The molecule has 1 rings (SSSR count). The van der Waals surface area contributed by atoms with Gasteiger partial charge in [-0.2, -0.15) is 5.26 Å². The number of nitrogen functional groups attached to an aromatic ring is 1. The van der Waals surface area contributed by atoms with E-state index in [2.05, 4.69) is 0 Å². The summed E-state index contributed by atoms with van der Waals surface area (Å²) in [5.74, 6) is -1.19. The van der Waals surface area contributed by atoms with E-state index in [-0.39, 0.29) is 21.8 Å². The van der Waals surface area contributed by atoms with Crippen LogP contribution in [0.15, 0.2) is 12.1 Å². The van der Waals surface area contributed by atoms with E-state index in [0.717, 1.165) is 0 Å². The van der Waals surface area contributed by atoms with Crippen molar-refractivity contribution in [3.8, 4) is 6.07 Å². The van der Waals surface area contributed by atoms with Crippen molar-refractivity contribution >= 4 is 23.3 Å². The molecule has 0 aromatic heterocycles. The van der Waals surface area contributed by atoms with Gasteiger partial charge in [-0.15, -0.1) is 0 Å². The first-order chi connectivity index (χ1) is 6.97. The highest BCUT2D eigenvalue weighted by atomic mass is 35.5. The number of hydrogen-bond donors (Lipinski definition) is 3. The Kier molecular flexibility index (Phi) is 3.14. The van der Waals surface area contributed by atoms with E-state index in [9.17, 15) is 4.79 Å². The average Bonchev–Trinajstić information content (AvgIpc) is 2.20. The molecule has 6 heteroatoms. The van der Waals surface area contributed by atoms with Crippen molar-refractivity contribution in [3.05, 3.63) is 28.3 Å². The monoisotopic (exact) mass is 225 g/mol. The molecule has 0 bridgehead atoms. The number of halogens is 1. The van der Waals surface area contributed by atoms with E-state index in [0.29, 0.717) is 0 Å². The molecular weight excluding hydrogens is 218 g/mol. The summed E-state index contributed by atoms with van der Waals surface area (Å²) in [6, 6.07) is 3.26. The second kappa shape index (κ2) is 4.17. The molecule has 1 aromatic carbocycles. The van der Waals surface area contributed by atoms with Crippen LogP contribution in [0.5, 0.6) is 0 Å². The maximum Gasteiger partial charge on any atom is 0.325 e. The molecular formula is C9H8ClN3O2. The maximum absolute atomic E-state index is 10.6. The van der Waals surface area contributed by atoms with E-state index < -0.39 is 12.0 Å². The van der Waals surface area contributed by atoms with Crippen LogP contribution in [-0.2, 0) is 4.79 Å². The van der Waals surface area contributed by atoms with E-state index in [1.54, 1.807) is 0 Å². The molecule has 0 heterocycles. The van der Waals surface area contributed by atoms with Crippen LogP contribution in [0.1, 0.15) is 17.2 Å². The van der Waals surface area contributed by atoms with Gasteiger partial charge in [0.2, 0.25) is 0 Å². The molecule has 5 N–H and O–H groups in total. The first kappa shape index (κ1) is 11.3. The SMILES string of the molecule is N#Cc1cc([C@H](N)C(=O)O)cc(Cl)c1N. The molecule has 5 nitrogen and oxygen atoms in total. The highest BCUT2D eigenvalue weighted by molar-refractivity contribution is 6.33. The fourth-order valence-corrected chi connectivity index (χ4v) is 1.28.